The molecular weight excluding hydrogens is 1340 g/mol. The first-order valence-electron chi connectivity index (χ1n) is 43.8. The molecule has 0 aliphatic heterocycles. The van der Waals surface area contributed by atoms with Gasteiger partial charge in [0.2, 0.25) is 0 Å². The largest absolute Gasteiger partial charge is 0.472 e. The highest BCUT2D eigenvalue weighted by molar-refractivity contribution is 7.47. The Morgan fingerprint density at radius 3 is 0.573 bits per heavy atom. The molecule has 2 unspecified atom stereocenters. The van der Waals surface area contributed by atoms with E-state index < -0.39 is 97.5 Å². The molecule has 0 heterocycles. The van der Waals surface area contributed by atoms with Crippen LogP contribution in [0.2, 0.25) is 0 Å². The number of hydrogen-bond donors (Lipinski definition) is 3. The number of aliphatic hydroxyl groups excluding tert-OH is 1. The van der Waals surface area contributed by atoms with Crippen molar-refractivity contribution in [3.05, 3.63) is 0 Å². The summed E-state index contributed by atoms with van der Waals surface area (Å²) in [4.78, 5) is 72.8. The molecule has 0 saturated carbocycles. The molecule has 0 aromatic heterocycles. The van der Waals surface area contributed by atoms with E-state index in [2.05, 4.69) is 27.7 Å². The molecule has 19 heteroatoms. The monoisotopic (exact) mass is 1510 g/mol. The molecule has 0 radical (unpaired) electrons. The van der Waals surface area contributed by atoms with Crippen LogP contribution >= 0.6 is 15.6 Å². The molecule has 0 bridgehead atoms. The molecule has 5 atom stereocenters. The number of phosphoric acid groups is 2. The fraction of sp³-hybridized carbons (Fsp3) is 0.952. The lowest BCUT2D eigenvalue weighted by molar-refractivity contribution is -0.161. The van der Waals surface area contributed by atoms with Crippen molar-refractivity contribution in [2.24, 2.45) is 0 Å². The van der Waals surface area contributed by atoms with Crippen LogP contribution in [0, 0.1) is 0 Å². The third kappa shape index (κ3) is 78.0. The first-order chi connectivity index (χ1) is 50.2. The van der Waals surface area contributed by atoms with Gasteiger partial charge in [0.05, 0.1) is 26.4 Å². The topological polar surface area (TPSA) is 237 Å². The number of rotatable bonds is 85. The summed E-state index contributed by atoms with van der Waals surface area (Å²) in [6.45, 7) is 4.95. The van der Waals surface area contributed by atoms with Crippen molar-refractivity contribution in [2.75, 3.05) is 39.6 Å². The average Bonchev–Trinajstić information content (AvgIpc) is 0.914. The molecular formula is C84H164O17P2. The van der Waals surface area contributed by atoms with Crippen LogP contribution in [0.1, 0.15) is 458 Å². The third-order valence-electron chi connectivity index (χ3n) is 19.9. The van der Waals surface area contributed by atoms with E-state index >= 15 is 0 Å². The summed E-state index contributed by atoms with van der Waals surface area (Å²) in [6, 6.07) is 0. The summed E-state index contributed by atoms with van der Waals surface area (Å²) in [5, 5.41) is 10.6. The van der Waals surface area contributed by atoms with E-state index in [9.17, 15) is 43.2 Å². The van der Waals surface area contributed by atoms with Gasteiger partial charge in [-0.25, -0.2) is 9.13 Å². The second-order valence-corrected chi connectivity index (χ2v) is 33.1. The van der Waals surface area contributed by atoms with E-state index in [1.165, 1.54) is 283 Å². The number of phosphoric ester groups is 2. The van der Waals surface area contributed by atoms with Crippen LogP contribution in [0.25, 0.3) is 0 Å². The molecule has 0 aliphatic carbocycles. The van der Waals surface area contributed by atoms with Gasteiger partial charge >= 0.3 is 39.5 Å². The SMILES string of the molecule is CCCCCCCCCCCCCCCCCCCCCCCCC(=O)O[C@H](COC(=O)CCCCCCCCCCCCCCCCCCCCCCC)COP(=O)(O)OC[C@@H](O)COP(=O)(O)OC[C@@H](COC(=O)CCCCCCC)OC(=O)CCCCCCCCCCCCCCCCC. The van der Waals surface area contributed by atoms with Crippen LogP contribution in [0.5, 0.6) is 0 Å². The van der Waals surface area contributed by atoms with Crippen LogP contribution in [0.3, 0.4) is 0 Å². The van der Waals surface area contributed by atoms with Crippen LogP contribution < -0.4 is 0 Å². The lowest BCUT2D eigenvalue weighted by Crippen LogP contribution is -2.30. The molecule has 0 spiro atoms. The molecule has 3 N–H and O–H groups in total. The van der Waals surface area contributed by atoms with Crippen molar-refractivity contribution in [3.63, 3.8) is 0 Å². The van der Waals surface area contributed by atoms with Crippen molar-refractivity contribution in [1.29, 1.82) is 0 Å². The van der Waals surface area contributed by atoms with Gasteiger partial charge in [-0.3, -0.25) is 37.3 Å². The van der Waals surface area contributed by atoms with E-state index in [0.29, 0.717) is 25.7 Å². The van der Waals surface area contributed by atoms with E-state index in [1.807, 2.05) is 0 Å². The first-order valence-corrected chi connectivity index (χ1v) is 46.8. The number of carbonyl (C=O) groups is 4. The minimum Gasteiger partial charge on any atom is -0.462 e. The van der Waals surface area contributed by atoms with Crippen LogP contribution in [0.4, 0.5) is 0 Å². The molecule has 0 aromatic rings. The minimum atomic E-state index is -4.96. The Bertz CT molecular complexity index is 1950. The van der Waals surface area contributed by atoms with Crippen molar-refractivity contribution in [3.8, 4) is 0 Å². The van der Waals surface area contributed by atoms with E-state index in [1.54, 1.807) is 0 Å². The highest BCUT2D eigenvalue weighted by Crippen LogP contribution is 2.45. The smallest absolute Gasteiger partial charge is 0.462 e. The van der Waals surface area contributed by atoms with Gasteiger partial charge in [-0.05, 0) is 25.7 Å². The fourth-order valence-corrected chi connectivity index (χ4v) is 14.7. The lowest BCUT2D eigenvalue weighted by Gasteiger charge is -2.21. The number of hydrogen-bond acceptors (Lipinski definition) is 15. The second kappa shape index (κ2) is 78.2. The maximum absolute atomic E-state index is 13.1. The summed E-state index contributed by atoms with van der Waals surface area (Å²) in [6.07, 6.45) is 72.9. The first kappa shape index (κ1) is 101. The minimum absolute atomic E-state index is 0.108. The number of aliphatic hydroxyl groups is 1. The quantitative estimate of drug-likeness (QED) is 0.0222. The zero-order valence-corrected chi connectivity index (χ0v) is 69.1. The third-order valence-corrected chi connectivity index (χ3v) is 21.8. The van der Waals surface area contributed by atoms with E-state index in [0.717, 1.165) is 96.3 Å². The number of carbonyl (C=O) groups excluding carboxylic acids is 4. The Hall–Kier alpha value is -1.94. The molecule has 103 heavy (non-hydrogen) atoms. The van der Waals surface area contributed by atoms with E-state index in [-0.39, 0.29) is 25.7 Å². The highest BCUT2D eigenvalue weighted by Gasteiger charge is 2.30. The Morgan fingerprint density at radius 1 is 0.233 bits per heavy atom. The Kier molecular flexibility index (Phi) is 76.7. The summed E-state index contributed by atoms with van der Waals surface area (Å²) in [7, 11) is -9.91. The van der Waals surface area contributed by atoms with Crippen LogP contribution in [0.15, 0.2) is 0 Å². The fourth-order valence-electron chi connectivity index (χ4n) is 13.2. The van der Waals surface area contributed by atoms with Crippen LogP contribution in [-0.4, -0.2) is 96.7 Å². The van der Waals surface area contributed by atoms with E-state index in [4.69, 9.17) is 37.0 Å². The van der Waals surface area contributed by atoms with Gasteiger partial charge < -0.3 is 33.8 Å². The predicted molar refractivity (Wildman–Crippen MR) is 423 cm³/mol. The van der Waals surface area contributed by atoms with Gasteiger partial charge in [0.15, 0.2) is 12.2 Å². The Morgan fingerprint density at radius 2 is 0.388 bits per heavy atom. The van der Waals surface area contributed by atoms with Crippen molar-refractivity contribution < 1.29 is 80.2 Å². The molecule has 0 rings (SSSR count). The molecule has 0 amide bonds. The van der Waals surface area contributed by atoms with Crippen molar-refractivity contribution in [2.45, 2.75) is 476 Å². The number of unbranched alkanes of at least 4 members (excludes halogenated alkanes) is 59. The average molecular weight is 1510 g/mol. The lowest BCUT2D eigenvalue weighted by atomic mass is 10.0. The van der Waals surface area contributed by atoms with Crippen molar-refractivity contribution >= 4 is 39.5 Å². The van der Waals surface area contributed by atoms with Gasteiger partial charge in [-0.15, -0.1) is 0 Å². The molecule has 0 aliphatic rings. The predicted octanol–water partition coefficient (Wildman–Crippen LogP) is 25.7. The summed E-state index contributed by atoms with van der Waals surface area (Å²) in [5.41, 5.74) is 0. The van der Waals surface area contributed by atoms with Gasteiger partial charge in [0, 0.05) is 25.7 Å². The standard InChI is InChI=1S/C84H164O17P2/c1-5-9-13-17-20-23-26-29-32-34-36-38-40-42-44-47-50-53-56-59-63-67-71-84(89)101-80(75-95-82(87)69-65-61-57-54-51-48-46-43-41-39-37-35-33-30-27-24-21-18-14-10-6-2)77-99-103(92,93)97-73-78(85)72-96-102(90,91)98-76-79(74-94-81(86)68-64-60-16-12-8-4)100-83(88)70-66-62-58-55-52-49-45-31-28-25-22-19-15-11-7-3/h78-80,85H,5-77H2,1-4H3,(H,90,91)(H,92,93)/t78-,79+,80+/m0/s1. The molecule has 17 nitrogen and oxygen atoms in total. The Labute approximate surface area is 632 Å². The summed E-state index contributed by atoms with van der Waals surface area (Å²) >= 11 is 0. The number of esters is 4. The zero-order chi connectivity index (χ0) is 75.3. The van der Waals surface area contributed by atoms with Crippen molar-refractivity contribution in [1.82, 2.24) is 0 Å². The zero-order valence-electron chi connectivity index (χ0n) is 67.3. The summed E-state index contributed by atoms with van der Waals surface area (Å²) < 4.78 is 68.6. The normalized spacial score (nSPS) is 13.7. The van der Waals surface area contributed by atoms with Crippen LogP contribution in [-0.2, 0) is 65.4 Å². The number of ether oxygens (including phenoxy) is 4. The molecule has 612 valence electrons. The molecule has 0 saturated heterocycles. The van der Waals surface area contributed by atoms with Gasteiger partial charge in [-0.2, -0.15) is 0 Å². The van der Waals surface area contributed by atoms with Gasteiger partial charge in [-0.1, -0.05) is 407 Å². The molecule has 0 aromatic carbocycles. The highest BCUT2D eigenvalue weighted by atomic mass is 31.2. The Balaban J connectivity index is 5.09. The molecule has 0 fully saturated rings. The van der Waals surface area contributed by atoms with Gasteiger partial charge in [0.1, 0.15) is 19.3 Å². The maximum Gasteiger partial charge on any atom is 0.472 e. The maximum atomic E-state index is 13.1. The van der Waals surface area contributed by atoms with Gasteiger partial charge in [0.25, 0.3) is 0 Å². The summed E-state index contributed by atoms with van der Waals surface area (Å²) in [5.74, 6) is -2.11. The second-order valence-electron chi connectivity index (χ2n) is 30.2.